The minimum absolute atomic E-state index is 0.691. The summed E-state index contributed by atoms with van der Waals surface area (Å²) in [6.45, 7) is 3.26. The van der Waals surface area contributed by atoms with E-state index in [1.807, 2.05) is 0 Å². The largest absolute Gasteiger partial charge is 0.386 e. The van der Waals surface area contributed by atoms with E-state index in [2.05, 4.69) is 15.9 Å². The summed E-state index contributed by atoms with van der Waals surface area (Å²) in [4.78, 5) is 35.1. The van der Waals surface area contributed by atoms with E-state index >= 15 is 0 Å². The van der Waals surface area contributed by atoms with Crippen molar-refractivity contribution < 1.29 is 34.4 Å². The van der Waals surface area contributed by atoms with Gasteiger partial charge in [-0.3, -0.25) is 14.4 Å². The van der Waals surface area contributed by atoms with Gasteiger partial charge in [-0.1, -0.05) is 15.9 Å². The van der Waals surface area contributed by atoms with E-state index in [1.165, 1.54) is 6.92 Å². The van der Waals surface area contributed by atoms with E-state index < -0.39 is 52.2 Å². The van der Waals surface area contributed by atoms with Crippen molar-refractivity contribution in [1.82, 2.24) is 0 Å². The molecule has 3 N–H and O–H groups in total. The van der Waals surface area contributed by atoms with Gasteiger partial charge in [0.2, 0.25) is 0 Å². The molecule has 0 amide bonds. The third-order valence-electron chi connectivity index (χ3n) is 3.49. The van der Waals surface area contributed by atoms with Crippen LogP contribution in [0.5, 0.6) is 0 Å². The van der Waals surface area contributed by atoms with Gasteiger partial charge in [0.25, 0.3) is 0 Å². The monoisotopic (exact) mass is 352 g/mol. The van der Waals surface area contributed by atoms with Gasteiger partial charge < -0.3 is 20.1 Å². The van der Waals surface area contributed by atoms with Gasteiger partial charge in [0.1, 0.15) is 11.1 Å². The minimum atomic E-state index is -2.38. The zero-order valence-corrected chi connectivity index (χ0v) is 12.9. The second-order valence-corrected chi connectivity index (χ2v) is 5.88. The van der Waals surface area contributed by atoms with Crippen molar-refractivity contribution >= 4 is 33.3 Å². The quantitative estimate of drug-likeness (QED) is 0.559. The van der Waals surface area contributed by atoms with Crippen molar-refractivity contribution in [1.29, 1.82) is 0 Å². The Kier molecular flexibility index (Phi) is 4.87. The number of halogens is 1. The zero-order valence-electron chi connectivity index (χ0n) is 11.3. The molecular formula is C12H17BrO7. The summed E-state index contributed by atoms with van der Waals surface area (Å²) in [7, 11) is 0. The molecule has 114 valence electrons. The lowest BCUT2D eigenvalue weighted by molar-refractivity contribution is -0.220. The van der Waals surface area contributed by atoms with Gasteiger partial charge in [-0.15, -0.1) is 0 Å². The number of rotatable bonds is 4. The molecule has 20 heavy (non-hydrogen) atoms. The number of aliphatic hydroxyl groups is 3. The zero-order chi connectivity index (χ0) is 15.9. The highest BCUT2D eigenvalue weighted by molar-refractivity contribution is 9.09. The molecule has 0 radical (unpaired) electrons. The highest BCUT2D eigenvalue weighted by atomic mass is 79.9. The van der Waals surface area contributed by atoms with Crippen LogP contribution in [-0.4, -0.2) is 61.1 Å². The molecule has 0 aromatic heterocycles. The van der Waals surface area contributed by atoms with Gasteiger partial charge in [-0.25, -0.2) is 0 Å². The van der Waals surface area contributed by atoms with Crippen LogP contribution in [0.1, 0.15) is 27.2 Å². The molecule has 0 bridgehead atoms. The van der Waals surface area contributed by atoms with Gasteiger partial charge >= 0.3 is 0 Å². The van der Waals surface area contributed by atoms with Crippen molar-refractivity contribution in [2.45, 2.75) is 55.6 Å². The molecule has 1 aliphatic heterocycles. The molecule has 1 unspecified atom stereocenters. The van der Waals surface area contributed by atoms with Crippen molar-refractivity contribution in [3.63, 3.8) is 0 Å². The van der Waals surface area contributed by atoms with Gasteiger partial charge in [0.15, 0.2) is 34.7 Å². The first-order chi connectivity index (χ1) is 8.96. The van der Waals surface area contributed by atoms with Crippen LogP contribution in [0.3, 0.4) is 0 Å². The molecule has 1 rings (SSSR count). The average molecular weight is 353 g/mol. The maximum absolute atomic E-state index is 11.9. The lowest BCUT2D eigenvalue weighted by atomic mass is 9.75. The number of ether oxygens (including phenoxy) is 1. The Labute approximate surface area is 124 Å². The van der Waals surface area contributed by atoms with Crippen molar-refractivity contribution in [3.8, 4) is 0 Å². The van der Waals surface area contributed by atoms with Crippen molar-refractivity contribution in [2.24, 2.45) is 0 Å². The smallest absolute Gasteiger partial charge is 0.193 e. The van der Waals surface area contributed by atoms with E-state index in [0.29, 0.717) is 0 Å². The Bertz CT molecular complexity index is 449. The maximum Gasteiger partial charge on any atom is 0.193 e. The van der Waals surface area contributed by atoms with Crippen LogP contribution in [0.15, 0.2) is 0 Å². The van der Waals surface area contributed by atoms with Crippen LogP contribution in [0.4, 0.5) is 0 Å². The highest BCUT2D eigenvalue weighted by Gasteiger charge is 2.61. The molecule has 1 aliphatic rings. The second-order valence-electron chi connectivity index (χ2n) is 5.05. The van der Waals surface area contributed by atoms with Crippen LogP contribution >= 0.6 is 15.9 Å². The predicted octanol–water partition coefficient (Wildman–Crippen LogP) is -0.914. The topological polar surface area (TPSA) is 121 Å². The Morgan fingerprint density at radius 1 is 1.20 bits per heavy atom. The average Bonchev–Trinajstić information content (AvgIpc) is 2.32. The SMILES string of the molecule is CC(=O)[C@]1(O)C[C@](O)(C(C)=O)[C@@H](Br)O[C@@H]1C(=O)C(C)O. The minimum Gasteiger partial charge on any atom is -0.386 e. The molecule has 1 heterocycles. The fraction of sp³-hybridized carbons (Fsp3) is 0.750. The summed E-state index contributed by atoms with van der Waals surface area (Å²) in [6.07, 6.45) is -3.82. The third kappa shape index (κ3) is 2.71. The fourth-order valence-corrected chi connectivity index (χ4v) is 2.74. The molecular weight excluding hydrogens is 336 g/mol. The van der Waals surface area contributed by atoms with Crippen molar-refractivity contribution in [2.75, 3.05) is 0 Å². The number of carbonyl (C=O) groups is 3. The Morgan fingerprint density at radius 3 is 2.00 bits per heavy atom. The first-order valence-corrected chi connectivity index (χ1v) is 6.86. The molecule has 5 atom stereocenters. The number of carbonyl (C=O) groups excluding carboxylic acids is 3. The van der Waals surface area contributed by atoms with Crippen molar-refractivity contribution in [3.05, 3.63) is 0 Å². The van der Waals surface area contributed by atoms with E-state index in [4.69, 9.17) is 4.74 Å². The van der Waals surface area contributed by atoms with E-state index in [1.54, 1.807) is 0 Å². The predicted molar refractivity (Wildman–Crippen MR) is 70.2 cm³/mol. The molecule has 0 aliphatic carbocycles. The highest BCUT2D eigenvalue weighted by Crippen LogP contribution is 2.40. The molecule has 1 saturated heterocycles. The van der Waals surface area contributed by atoms with Crippen LogP contribution < -0.4 is 0 Å². The van der Waals surface area contributed by atoms with Crippen LogP contribution in [0, 0.1) is 0 Å². The summed E-state index contributed by atoms with van der Waals surface area (Å²) in [5.41, 5.74) is -4.52. The van der Waals surface area contributed by atoms with Gasteiger partial charge in [-0.2, -0.15) is 0 Å². The summed E-state index contributed by atoms with van der Waals surface area (Å²) < 4.78 is 5.13. The Hall–Kier alpha value is -0.670. The van der Waals surface area contributed by atoms with E-state index in [-0.39, 0.29) is 0 Å². The molecule has 0 spiro atoms. The summed E-state index contributed by atoms with van der Waals surface area (Å²) >= 11 is 2.92. The van der Waals surface area contributed by atoms with Gasteiger partial charge in [0.05, 0.1) is 0 Å². The summed E-state index contributed by atoms with van der Waals surface area (Å²) in [5, 5.41) is 28.7. The van der Waals surface area contributed by atoms with Crippen LogP contribution in [0.2, 0.25) is 0 Å². The first-order valence-electron chi connectivity index (χ1n) is 5.95. The lowest BCUT2D eigenvalue weighted by Crippen LogP contribution is -2.68. The standard InChI is InChI=1S/C12H17BrO7/c1-5(14)8(17)9-11(18,6(2)15)4-12(19,7(3)16)10(13)20-9/h5,9-10,14,18-19H,4H2,1-3H3/t5?,9-,10+,11-,12+/m1/s1. The van der Waals surface area contributed by atoms with E-state index in [9.17, 15) is 29.7 Å². The Balaban J connectivity index is 3.28. The number of ketones is 3. The van der Waals surface area contributed by atoms with Gasteiger partial charge in [-0.05, 0) is 20.8 Å². The molecule has 0 aromatic rings. The normalized spacial score (nSPS) is 39.1. The molecule has 0 aromatic carbocycles. The van der Waals surface area contributed by atoms with Gasteiger partial charge in [0, 0.05) is 6.42 Å². The summed E-state index contributed by atoms with van der Waals surface area (Å²) in [6, 6.07) is 0. The van der Waals surface area contributed by atoms with Crippen LogP contribution in [-0.2, 0) is 19.1 Å². The molecule has 0 saturated carbocycles. The number of alkyl halides is 1. The maximum atomic E-state index is 11.9. The van der Waals surface area contributed by atoms with Crippen LogP contribution in [0.25, 0.3) is 0 Å². The third-order valence-corrected chi connectivity index (χ3v) is 4.47. The molecule has 1 fully saturated rings. The number of Topliss-reactive ketones (excluding diaryl/α,β-unsaturated/α-hetero) is 3. The lowest BCUT2D eigenvalue weighted by Gasteiger charge is -2.46. The summed E-state index contributed by atoms with van der Waals surface area (Å²) in [5.74, 6) is -2.46. The number of hydrogen-bond acceptors (Lipinski definition) is 7. The molecule has 8 heteroatoms. The fourth-order valence-electron chi connectivity index (χ4n) is 2.04. The number of aliphatic hydroxyl groups excluding tert-OH is 1. The molecule has 7 nitrogen and oxygen atoms in total. The Morgan fingerprint density at radius 2 is 1.65 bits per heavy atom. The second kappa shape index (κ2) is 5.61. The number of hydrogen-bond donors (Lipinski definition) is 3. The first kappa shape index (κ1) is 17.4. The van der Waals surface area contributed by atoms with E-state index in [0.717, 1.165) is 13.8 Å².